The Labute approximate surface area is 117 Å². The van der Waals surface area contributed by atoms with Crippen LogP contribution < -0.4 is 5.73 Å². The Balaban J connectivity index is 1.87. The molecule has 2 atom stereocenters. The standard InChI is InChI=1S/C16H15ClFN/c17-14-6-3-7-15(18)13(14)9-11-8-10-4-1-2-5-12(10)16(11)19/h1-7,11,16H,8-9,19H2. The van der Waals surface area contributed by atoms with E-state index in [0.717, 1.165) is 6.42 Å². The zero-order valence-corrected chi connectivity index (χ0v) is 11.2. The van der Waals surface area contributed by atoms with Crippen LogP contribution in [0, 0.1) is 11.7 Å². The maximum Gasteiger partial charge on any atom is 0.127 e. The molecule has 98 valence electrons. The molecular weight excluding hydrogens is 261 g/mol. The van der Waals surface area contributed by atoms with Crippen LogP contribution in [0.2, 0.25) is 5.02 Å². The lowest BCUT2D eigenvalue weighted by molar-refractivity contribution is 0.454. The largest absolute Gasteiger partial charge is 0.324 e. The Morgan fingerprint density at radius 2 is 1.95 bits per heavy atom. The van der Waals surface area contributed by atoms with Crippen LogP contribution in [0.1, 0.15) is 22.7 Å². The van der Waals surface area contributed by atoms with Crippen LogP contribution in [-0.2, 0) is 12.8 Å². The first kappa shape index (κ1) is 12.6. The first-order valence-electron chi connectivity index (χ1n) is 6.43. The van der Waals surface area contributed by atoms with Crippen molar-refractivity contribution in [1.29, 1.82) is 0 Å². The maximum atomic E-state index is 13.8. The lowest BCUT2D eigenvalue weighted by atomic mass is 9.93. The molecule has 2 unspecified atom stereocenters. The first-order chi connectivity index (χ1) is 9.16. The molecule has 2 N–H and O–H groups in total. The molecule has 0 heterocycles. The highest BCUT2D eigenvalue weighted by Gasteiger charge is 2.30. The molecule has 19 heavy (non-hydrogen) atoms. The van der Waals surface area contributed by atoms with Crippen molar-refractivity contribution in [2.45, 2.75) is 18.9 Å². The molecule has 0 saturated heterocycles. The molecule has 0 bridgehead atoms. The van der Waals surface area contributed by atoms with Crippen molar-refractivity contribution in [3.63, 3.8) is 0 Å². The maximum absolute atomic E-state index is 13.8. The molecule has 1 nitrogen and oxygen atoms in total. The van der Waals surface area contributed by atoms with Crippen LogP contribution in [0.15, 0.2) is 42.5 Å². The fraction of sp³-hybridized carbons (Fsp3) is 0.250. The summed E-state index contributed by atoms with van der Waals surface area (Å²) in [5.41, 5.74) is 9.31. The highest BCUT2D eigenvalue weighted by atomic mass is 35.5. The molecule has 0 amide bonds. The van der Waals surface area contributed by atoms with Gasteiger partial charge in [-0.25, -0.2) is 4.39 Å². The summed E-state index contributed by atoms with van der Waals surface area (Å²) in [7, 11) is 0. The Hall–Kier alpha value is -1.38. The summed E-state index contributed by atoms with van der Waals surface area (Å²) in [6.45, 7) is 0. The molecule has 1 aliphatic rings. The highest BCUT2D eigenvalue weighted by Crippen LogP contribution is 2.37. The van der Waals surface area contributed by atoms with Gasteiger partial charge in [-0.2, -0.15) is 0 Å². The quantitative estimate of drug-likeness (QED) is 0.884. The number of nitrogens with two attached hydrogens (primary N) is 1. The molecule has 0 radical (unpaired) electrons. The van der Waals surface area contributed by atoms with Crippen LogP contribution in [0.25, 0.3) is 0 Å². The van der Waals surface area contributed by atoms with E-state index in [-0.39, 0.29) is 17.8 Å². The van der Waals surface area contributed by atoms with Crippen LogP contribution in [-0.4, -0.2) is 0 Å². The Morgan fingerprint density at radius 1 is 1.16 bits per heavy atom. The van der Waals surface area contributed by atoms with Gasteiger partial charge in [0.15, 0.2) is 0 Å². The van der Waals surface area contributed by atoms with Crippen LogP contribution in [0.3, 0.4) is 0 Å². The van der Waals surface area contributed by atoms with E-state index in [1.54, 1.807) is 12.1 Å². The van der Waals surface area contributed by atoms with E-state index in [4.69, 9.17) is 17.3 Å². The smallest absolute Gasteiger partial charge is 0.127 e. The summed E-state index contributed by atoms with van der Waals surface area (Å²) >= 11 is 6.09. The first-order valence-corrected chi connectivity index (χ1v) is 6.81. The predicted octanol–water partition coefficient (Wildman–Crippen LogP) is 3.89. The number of fused-ring (bicyclic) bond motifs is 1. The zero-order valence-electron chi connectivity index (χ0n) is 10.4. The second kappa shape index (κ2) is 4.95. The van der Waals surface area contributed by atoms with Crippen molar-refractivity contribution < 1.29 is 4.39 Å². The van der Waals surface area contributed by atoms with Gasteiger partial charge in [0.05, 0.1) is 0 Å². The van der Waals surface area contributed by atoms with E-state index in [9.17, 15) is 4.39 Å². The van der Waals surface area contributed by atoms with Crippen LogP contribution >= 0.6 is 11.6 Å². The molecule has 2 aromatic rings. The van der Waals surface area contributed by atoms with Gasteiger partial charge < -0.3 is 5.73 Å². The molecule has 1 aliphatic carbocycles. The van der Waals surface area contributed by atoms with Crippen molar-refractivity contribution in [1.82, 2.24) is 0 Å². The van der Waals surface area contributed by atoms with Gasteiger partial charge in [-0.15, -0.1) is 0 Å². The molecule has 0 aliphatic heterocycles. The summed E-state index contributed by atoms with van der Waals surface area (Å²) in [5, 5.41) is 0.489. The van der Waals surface area contributed by atoms with E-state index in [0.29, 0.717) is 17.0 Å². The lowest BCUT2D eigenvalue weighted by Crippen LogP contribution is -2.19. The summed E-state index contributed by atoms with van der Waals surface area (Å²) in [5.74, 6) is -0.0255. The van der Waals surface area contributed by atoms with Gasteiger partial charge in [-0.05, 0) is 42.0 Å². The second-order valence-corrected chi connectivity index (χ2v) is 5.50. The Bertz CT molecular complexity index is 591. The molecule has 0 spiro atoms. The third kappa shape index (κ3) is 2.26. The normalized spacial score (nSPS) is 21.4. The molecular formula is C16H15ClFN. The number of hydrogen-bond donors (Lipinski definition) is 1. The fourth-order valence-corrected chi connectivity index (χ4v) is 3.14. The fourth-order valence-electron chi connectivity index (χ4n) is 2.90. The number of hydrogen-bond acceptors (Lipinski definition) is 1. The predicted molar refractivity (Wildman–Crippen MR) is 75.7 cm³/mol. The number of benzene rings is 2. The van der Waals surface area contributed by atoms with E-state index in [2.05, 4.69) is 12.1 Å². The van der Waals surface area contributed by atoms with Crippen molar-refractivity contribution in [2.75, 3.05) is 0 Å². The Morgan fingerprint density at radius 3 is 2.68 bits per heavy atom. The number of rotatable bonds is 2. The third-order valence-corrected chi connectivity index (χ3v) is 4.29. The molecule has 0 aromatic heterocycles. The van der Waals surface area contributed by atoms with Gasteiger partial charge in [-0.1, -0.05) is 41.9 Å². The van der Waals surface area contributed by atoms with Crippen molar-refractivity contribution in [3.05, 3.63) is 70.0 Å². The van der Waals surface area contributed by atoms with Crippen molar-refractivity contribution in [3.8, 4) is 0 Å². The minimum atomic E-state index is -0.240. The van der Waals surface area contributed by atoms with Crippen LogP contribution in [0.4, 0.5) is 4.39 Å². The van der Waals surface area contributed by atoms with Gasteiger partial charge in [-0.3, -0.25) is 0 Å². The summed E-state index contributed by atoms with van der Waals surface area (Å²) in [4.78, 5) is 0. The molecule has 2 aromatic carbocycles. The molecule has 0 saturated carbocycles. The monoisotopic (exact) mass is 275 g/mol. The van der Waals surface area contributed by atoms with E-state index in [1.165, 1.54) is 17.2 Å². The van der Waals surface area contributed by atoms with E-state index in [1.807, 2.05) is 12.1 Å². The topological polar surface area (TPSA) is 26.0 Å². The zero-order chi connectivity index (χ0) is 13.4. The van der Waals surface area contributed by atoms with Gasteiger partial charge in [0.2, 0.25) is 0 Å². The minimum Gasteiger partial charge on any atom is -0.324 e. The summed E-state index contributed by atoms with van der Waals surface area (Å²) in [6, 6.07) is 12.9. The van der Waals surface area contributed by atoms with Gasteiger partial charge in [0.1, 0.15) is 5.82 Å². The highest BCUT2D eigenvalue weighted by molar-refractivity contribution is 6.31. The molecule has 3 rings (SSSR count). The van der Waals surface area contributed by atoms with Gasteiger partial charge >= 0.3 is 0 Å². The minimum absolute atomic E-state index is 0.0353. The molecule has 0 fully saturated rings. The molecule has 3 heteroatoms. The van der Waals surface area contributed by atoms with Gasteiger partial charge in [0.25, 0.3) is 0 Å². The van der Waals surface area contributed by atoms with Crippen LogP contribution in [0.5, 0.6) is 0 Å². The SMILES string of the molecule is NC1c2ccccc2CC1Cc1c(F)cccc1Cl. The third-order valence-electron chi connectivity index (χ3n) is 3.93. The Kier molecular flexibility index (Phi) is 3.29. The van der Waals surface area contributed by atoms with Gasteiger partial charge in [0, 0.05) is 16.6 Å². The summed E-state index contributed by atoms with van der Waals surface area (Å²) in [6.07, 6.45) is 1.48. The average Bonchev–Trinajstić information content (AvgIpc) is 2.72. The van der Waals surface area contributed by atoms with E-state index < -0.39 is 0 Å². The lowest BCUT2D eigenvalue weighted by Gasteiger charge is -2.17. The second-order valence-electron chi connectivity index (χ2n) is 5.09. The van der Waals surface area contributed by atoms with Crippen molar-refractivity contribution in [2.24, 2.45) is 11.7 Å². The average molecular weight is 276 g/mol. The number of halogens is 2. The van der Waals surface area contributed by atoms with Crippen molar-refractivity contribution >= 4 is 11.6 Å². The van der Waals surface area contributed by atoms with E-state index >= 15 is 0 Å². The summed E-state index contributed by atoms with van der Waals surface area (Å²) < 4.78 is 13.8.